The zero-order chi connectivity index (χ0) is 31.6. The number of nitrogens with one attached hydrogen (secondary N) is 3. The van der Waals surface area contributed by atoms with Crippen LogP contribution in [0.5, 0.6) is 11.8 Å². The number of H-pyrrole nitrogens is 1. The van der Waals surface area contributed by atoms with Gasteiger partial charge in [0.25, 0.3) is 11.6 Å². The van der Waals surface area contributed by atoms with Crippen molar-refractivity contribution in [2.75, 3.05) is 39.4 Å². The Bertz CT molecular complexity index is 1660. The second-order valence-electron chi connectivity index (χ2n) is 12.4. The first-order chi connectivity index (χ1) is 21.7. The van der Waals surface area contributed by atoms with Crippen molar-refractivity contribution in [1.82, 2.24) is 30.5 Å². The Balaban J connectivity index is 1.20. The number of carbonyl (C=O) groups excluding carboxylic acids is 1. The molecule has 3 fully saturated rings. The van der Waals surface area contributed by atoms with Crippen molar-refractivity contribution in [2.24, 2.45) is 0 Å². The number of halogens is 2. The molecule has 45 heavy (non-hydrogen) atoms. The fraction of sp³-hybridized carbons (Fsp3) is 0.500. The van der Waals surface area contributed by atoms with Crippen LogP contribution in [0.3, 0.4) is 0 Å². The molecule has 11 nitrogen and oxygen atoms in total. The van der Waals surface area contributed by atoms with Crippen LogP contribution in [0, 0.1) is 5.82 Å². The summed E-state index contributed by atoms with van der Waals surface area (Å²) in [6.07, 6.45) is 10.6. The van der Waals surface area contributed by atoms with Gasteiger partial charge < -0.3 is 25.2 Å². The van der Waals surface area contributed by atoms with E-state index in [4.69, 9.17) is 21.1 Å². The minimum absolute atomic E-state index is 0.0262. The Hall–Kier alpha value is -3.74. The van der Waals surface area contributed by atoms with Crippen molar-refractivity contribution in [3.05, 3.63) is 51.2 Å². The second-order valence-corrected chi connectivity index (χ2v) is 12.9. The Kier molecular flexibility index (Phi) is 8.98. The first kappa shape index (κ1) is 31.3. The molecule has 2 aromatic heterocycles. The summed E-state index contributed by atoms with van der Waals surface area (Å²) < 4.78 is 27.4. The highest BCUT2D eigenvalue weighted by molar-refractivity contribution is 6.32. The highest BCUT2D eigenvalue weighted by Crippen LogP contribution is 2.39. The van der Waals surface area contributed by atoms with Crippen LogP contribution in [0.15, 0.2) is 29.2 Å². The van der Waals surface area contributed by atoms with E-state index >= 15 is 4.39 Å². The Morgan fingerprint density at radius 3 is 2.80 bits per heavy atom. The lowest BCUT2D eigenvalue weighted by atomic mass is 9.93. The normalized spacial score (nSPS) is 21.3. The number of ether oxygens (including phenoxy) is 2. The van der Waals surface area contributed by atoms with Crippen LogP contribution in [-0.4, -0.2) is 81.5 Å². The molecule has 1 aromatic carbocycles. The number of amides is 1. The summed E-state index contributed by atoms with van der Waals surface area (Å²) in [6, 6.07) is 2.64. The molecule has 3 aliphatic heterocycles. The van der Waals surface area contributed by atoms with Gasteiger partial charge in [-0.1, -0.05) is 23.8 Å². The van der Waals surface area contributed by atoms with Crippen molar-refractivity contribution in [2.45, 2.75) is 62.9 Å². The zero-order valence-corrected chi connectivity index (χ0v) is 26.0. The molecule has 13 heteroatoms. The van der Waals surface area contributed by atoms with Crippen LogP contribution < -0.4 is 20.9 Å². The average Bonchev–Trinajstić information content (AvgIpc) is 3.58. The molecule has 4 N–H and O–H groups in total. The first-order valence-electron chi connectivity index (χ1n) is 15.5. The number of aromatic amines is 1. The average molecular weight is 641 g/mol. The maximum atomic E-state index is 16.1. The maximum Gasteiger partial charge on any atom is 0.407 e. The highest BCUT2D eigenvalue weighted by Gasteiger charge is 2.45. The number of phenolic OH excluding ortho intramolecular Hbond substituents is 1. The van der Waals surface area contributed by atoms with Gasteiger partial charge in [-0.05, 0) is 83.6 Å². The quantitative estimate of drug-likeness (QED) is 0.244. The molecule has 240 valence electrons. The van der Waals surface area contributed by atoms with Gasteiger partial charge >= 0.3 is 6.09 Å². The Morgan fingerprint density at radius 2 is 2.04 bits per heavy atom. The summed E-state index contributed by atoms with van der Waals surface area (Å²) in [4.78, 5) is 38.8. The standard InChI is InChI=1S/C32H38ClFN6O5/c1-31(8-4-11-35-18-31)39-30(43)44-14-3-2-7-21-22(15-20(41)16-24(21)33)26-25(34)27-23(17-36-26)28(42)38-29(37-27)45-19-32-9-5-12-40(32)13-6-10-32/h2,7,15-17,35,41H,3-6,8-14,18-19H2,1H3,(H,39,43)(H,37,38,42)/b7-2-. The molecule has 6 rings (SSSR count). The molecule has 3 aromatic rings. The molecule has 0 aliphatic carbocycles. The van der Waals surface area contributed by atoms with E-state index in [1.807, 2.05) is 6.92 Å². The number of hydrogen-bond donors (Lipinski definition) is 4. The van der Waals surface area contributed by atoms with Crippen LogP contribution in [0.25, 0.3) is 28.2 Å². The van der Waals surface area contributed by atoms with Crippen LogP contribution in [-0.2, 0) is 4.74 Å². The molecule has 1 amide bonds. The number of aromatic nitrogens is 3. The number of carbonyl (C=O) groups is 1. The Labute approximate surface area is 265 Å². The number of pyridine rings is 1. The van der Waals surface area contributed by atoms with Gasteiger partial charge in [-0.2, -0.15) is 4.98 Å². The summed E-state index contributed by atoms with van der Waals surface area (Å²) in [5.74, 6) is -1.02. The number of benzene rings is 1. The third-order valence-electron chi connectivity index (χ3n) is 9.13. The summed E-state index contributed by atoms with van der Waals surface area (Å²) in [6.45, 7) is 6.12. The summed E-state index contributed by atoms with van der Waals surface area (Å²) in [7, 11) is 0. The number of aromatic hydroxyl groups is 1. The number of phenols is 1. The van der Waals surface area contributed by atoms with E-state index in [2.05, 4.69) is 30.5 Å². The Morgan fingerprint density at radius 1 is 1.24 bits per heavy atom. The van der Waals surface area contributed by atoms with Crippen LogP contribution in [0.2, 0.25) is 5.02 Å². The number of fused-ring (bicyclic) bond motifs is 2. The summed E-state index contributed by atoms with van der Waals surface area (Å²) in [5.41, 5.74) is -0.708. The molecule has 0 spiro atoms. The lowest BCUT2D eigenvalue weighted by molar-refractivity contribution is 0.107. The SMILES string of the molecule is CC1(NC(=O)OCC/C=C\c2c(Cl)cc(O)cc2-c2ncc3c(=O)[nH]c(OCC45CCCN4CCC5)nc3c2F)CCCNC1. The predicted octanol–water partition coefficient (Wildman–Crippen LogP) is 4.76. The molecule has 5 heterocycles. The molecule has 3 saturated heterocycles. The largest absolute Gasteiger partial charge is 0.508 e. The number of nitrogens with zero attached hydrogens (tertiary/aromatic N) is 3. The third kappa shape index (κ3) is 6.63. The summed E-state index contributed by atoms with van der Waals surface area (Å²) in [5, 5.41) is 16.7. The monoisotopic (exact) mass is 640 g/mol. The van der Waals surface area contributed by atoms with E-state index in [0.717, 1.165) is 58.2 Å². The van der Waals surface area contributed by atoms with E-state index in [1.165, 1.54) is 18.3 Å². The van der Waals surface area contributed by atoms with Gasteiger partial charge in [-0.25, -0.2) is 9.18 Å². The van der Waals surface area contributed by atoms with Crippen molar-refractivity contribution < 1.29 is 23.8 Å². The van der Waals surface area contributed by atoms with Gasteiger partial charge in [-0.15, -0.1) is 0 Å². The topological polar surface area (TPSA) is 142 Å². The molecule has 0 bridgehead atoms. The van der Waals surface area contributed by atoms with E-state index in [9.17, 15) is 14.7 Å². The predicted molar refractivity (Wildman–Crippen MR) is 169 cm³/mol. The minimum Gasteiger partial charge on any atom is -0.508 e. The van der Waals surface area contributed by atoms with Crippen molar-refractivity contribution in [3.63, 3.8) is 0 Å². The summed E-state index contributed by atoms with van der Waals surface area (Å²) >= 11 is 6.48. The fourth-order valence-electron chi connectivity index (χ4n) is 6.80. The lowest BCUT2D eigenvalue weighted by Crippen LogP contribution is -2.55. The zero-order valence-electron chi connectivity index (χ0n) is 25.3. The second kappa shape index (κ2) is 12.9. The van der Waals surface area contributed by atoms with Gasteiger partial charge in [0.2, 0.25) is 0 Å². The molecule has 1 atom stereocenters. The maximum absolute atomic E-state index is 16.1. The van der Waals surface area contributed by atoms with Gasteiger partial charge in [0.1, 0.15) is 23.6 Å². The smallest absolute Gasteiger partial charge is 0.407 e. The third-order valence-corrected chi connectivity index (χ3v) is 9.45. The molecule has 3 aliphatic rings. The number of piperidine rings is 1. The van der Waals surface area contributed by atoms with Crippen molar-refractivity contribution in [1.29, 1.82) is 0 Å². The van der Waals surface area contributed by atoms with Crippen molar-refractivity contribution in [3.8, 4) is 23.0 Å². The molecule has 0 saturated carbocycles. The van der Waals surface area contributed by atoms with Crippen LogP contribution in [0.1, 0.15) is 57.4 Å². The fourth-order valence-corrected chi connectivity index (χ4v) is 7.08. The molecular weight excluding hydrogens is 603 g/mol. The van der Waals surface area contributed by atoms with E-state index in [0.29, 0.717) is 25.1 Å². The van der Waals surface area contributed by atoms with Gasteiger partial charge in [0.15, 0.2) is 5.82 Å². The molecule has 1 unspecified atom stereocenters. The van der Waals surface area contributed by atoms with Crippen molar-refractivity contribution >= 4 is 34.7 Å². The molecular formula is C32H38ClFN6O5. The van der Waals surface area contributed by atoms with Gasteiger partial charge in [0.05, 0.1) is 28.1 Å². The van der Waals surface area contributed by atoms with Gasteiger partial charge in [0, 0.05) is 23.9 Å². The van der Waals surface area contributed by atoms with Gasteiger partial charge in [-0.3, -0.25) is 19.7 Å². The molecule has 0 radical (unpaired) electrons. The lowest BCUT2D eigenvalue weighted by Gasteiger charge is -2.34. The van der Waals surface area contributed by atoms with E-state index in [1.54, 1.807) is 12.2 Å². The first-order valence-corrected chi connectivity index (χ1v) is 15.9. The van der Waals surface area contributed by atoms with Crippen LogP contribution in [0.4, 0.5) is 9.18 Å². The minimum atomic E-state index is -0.841. The van der Waals surface area contributed by atoms with Crippen LogP contribution >= 0.6 is 11.6 Å². The number of hydrogen-bond acceptors (Lipinski definition) is 9. The number of rotatable bonds is 9. The van der Waals surface area contributed by atoms with E-state index in [-0.39, 0.29) is 56.6 Å². The number of alkyl carbamates (subject to hydrolysis) is 1. The highest BCUT2D eigenvalue weighted by atomic mass is 35.5. The van der Waals surface area contributed by atoms with E-state index < -0.39 is 17.5 Å².